The van der Waals surface area contributed by atoms with Gasteiger partial charge in [0.2, 0.25) is 0 Å². The smallest absolute Gasteiger partial charge is 0.387 e. The molecule has 1 aliphatic rings. The predicted octanol–water partition coefficient (Wildman–Crippen LogP) is 2.69. The zero-order valence-electron chi connectivity index (χ0n) is 12.1. The molecule has 1 aromatic rings. The summed E-state index contributed by atoms with van der Waals surface area (Å²) in [6.07, 6.45) is 3.90. The van der Waals surface area contributed by atoms with Gasteiger partial charge in [-0.05, 0) is 18.9 Å². The number of para-hydroxylation sites is 1. The Balaban J connectivity index is 2.15. The molecule has 118 valence electrons. The normalized spacial score (nSPS) is 17.2. The van der Waals surface area contributed by atoms with E-state index >= 15 is 0 Å². The molecular weight excluding hydrogens is 280 g/mol. The molecule has 0 unspecified atom stereocenters. The fourth-order valence-corrected chi connectivity index (χ4v) is 2.81. The summed E-state index contributed by atoms with van der Waals surface area (Å²) in [6, 6.07) is 5.03. The summed E-state index contributed by atoms with van der Waals surface area (Å²) >= 11 is 0. The molecule has 0 aromatic heterocycles. The van der Waals surface area contributed by atoms with Crippen molar-refractivity contribution in [3.63, 3.8) is 0 Å². The third-order valence-electron chi connectivity index (χ3n) is 4.00. The van der Waals surface area contributed by atoms with Crippen molar-refractivity contribution in [2.75, 3.05) is 13.7 Å². The highest BCUT2D eigenvalue weighted by Gasteiger charge is 2.32. The van der Waals surface area contributed by atoms with E-state index in [0.717, 1.165) is 25.7 Å². The van der Waals surface area contributed by atoms with Crippen molar-refractivity contribution in [1.29, 1.82) is 0 Å². The summed E-state index contributed by atoms with van der Waals surface area (Å²) in [6.45, 7) is -2.51. The van der Waals surface area contributed by atoms with E-state index in [0.29, 0.717) is 12.1 Å². The second kappa shape index (κ2) is 7.04. The lowest BCUT2D eigenvalue weighted by Gasteiger charge is -2.28. The summed E-state index contributed by atoms with van der Waals surface area (Å²) in [5.41, 5.74) is 0.278. The Morgan fingerprint density at radius 2 is 2.05 bits per heavy atom. The van der Waals surface area contributed by atoms with Crippen molar-refractivity contribution in [2.45, 2.75) is 44.4 Å². The first-order chi connectivity index (χ1) is 10.1. The molecule has 0 heterocycles. The molecule has 0 radical (unpaired) electrons. The first-order valence-electron chi connectivity index (χ1n) is 7.07. The van der Waals surface area contributed by atoms with E-state index in [2.05, 4.69) is 10.1 Å². The molecule has 21 heavy (non-hydrogen) atoms. The van der Waals surface area contributed by atoms with Gasteiger partial charge in [0.05, 0.1) is 13.7 Å². The van der Waals surface area contributed by atoms with Crippen molar-refractivity contribution >= 4 is 0 Å². The summed E-state index contributed by atoms with van der Waals surface area (Å²) < 4.78 is 34.8. The van der Waals surface area contributed by atoms with Gasteiger partial charge >= 0.3 is 6.61 Å². The van der Waals surface area contributed by atoms with Gasteiger partial charge < -0.3 is 19.9 Å². The Morgan fingerprint density at radius 3 is 2.62 bits per heavy atom. The van der Waals surface area contributed by atoms with Crippen molar-refractivity contribution in [3.05, 3.63) is 23.8 Å². The van der Waals surface area contributed by atoms with E-state index in [1.807, 2.05) is 0 Å². The summed E-state index contributed by atoms with van der Waals surface area (Å²) in [5.74, 6) is 0.327. The maximum absolute atomic E-state index is 12.6. The van der Waals surface area contributed by atoms with Crippen LogP contribution in [-0.2, 0) is 6.54 Å². The molecule has 6 heteroatoms. The highest BCUT2D eigenvalue weighted by molar-refractivity contribution is 5.46. The number of rotatable bonds is 7. The first kappa shape index (κ1) is 16.0. The van der Waals surface area contributed by atoms with Gasteiger partial charge in [-0.2, -0.15) is 8.78 Å². The van der Waals surface area contributed by atoms with E-state index in [4.69, 9.17) is 4.74 Å². The average molecular weight is 301 g/mol. The van der Waals surface area contributed by atoms with Gasteiger partial charge in [-0.1, -0.05) is 25.0 Å². The van der Waals surface area contributed by atoms with Crippen LogP contribution in [0.1, 0.15) is 31.2 Å². The van der Waals surface area contributed by atoms with Crippen LogP contribution in [0.2, 0.25) is 0 Å². The molecule has 0 atom stereocenters. The van der Waals surface area contributed by atoms with E-state index in [-0.39, 0.29) is 23.6 Å². The minimum Gasteiger partial charge on any atom is -0.493 e. The zero-order chi connectivity index (χ0) is 15.3. The summed E-state index contributed by atoms with van der Waals surface area (Å²) in [5, 5.41) is 12.9. The van der Waals surface area contributed by atoms with Gasteiger partial charge in [0.1, 0.15) is 0 Å². The van der Waals surface area contributed by atoms with Crippen LogP contribution in [0, 0.1) is 0 Å². The molecule has 2 rings (SSSR count). The number of halogens is 2. The molecule has 0 saturated heterocycles. The van der Waals surface area contributed by atoms with Crippen molar-refractivity contribution in [1.82, 2.24) is 5.32 Å². The van der Waals surface area contributed by atoms with Crippen LogP contribution in [-0.4, -0.2) is 31.0 Å². The first-order valence-corrected chi connectivity index (χ1v) is 7.07. The lowest BCUT2D eigenvalue weighted by atomic mass is 9.98. The predicted molar refractivity (Wildman–Crippen MR) is 74.8 cm³/mol. The molecule has 4 nitrogen and oxygen atoms in total. The number of nitrogens with one attached hydrogen (secondary N) is 1. The Bertz CT molecular complexity index is 462. The van der Waals surface area contributed by atoms with E-state index < -0.39 is 6.61 Å². The van der Waals surface area contributed by atoms with Gasteiger partial charge in [-0.15, -0.1) is 0 Å². The highest BCUT2D eigenvalue weighted by Crippen LogP contribution is 2.34. The third kappa shape index (κ3) is 3.83. The molecule has 1 saturated carbocycles. The zero-order valence-corrected chi connectivity index (χ0v) is 12.1. The van der Waals surface area contributed by atoms with Gasteiger partial charge in [0.25, 0.3) is 0 Å². The molecule has 1 fully saturated rings. The highest BCUT2D eigenvalue weighted by atomic mass is 19.3. The molecule has 0 amide bonds. The van der Waals surface area contributed by atoms with Gasteiger partial charge in [-0.25, -0.2) is 0 Å². The summed E-state index contributed by atoms with van der Waals surface area (Å²) in [4.78, 5) is 0. The average Bonchev–Trinajstić information content (AvgIpc) is 2.95. The number of hydrogen-bond acceptors (Lipinski definition) is 4. The second-order valence-electron chi connectivity index (χ2n) is 5.33. The van der Waals surface area contributed by atoms with E-state index in [1.165, 1.54) is 7.11 Å². The topological polar surface area (TPSA) is 50.7 Å². The third-order valence-corrected chi connectivity index (χ3v) is 4.00. The van der Waals surface area contributed by atoms with Gasteiger partial charge in [0, 0.05) is 17.6 Å². The monoisotopic (exact) mass is 301 g/mol. The Hall–Kier alpha value is -1.40. The standard InChI is InChI=1S/C15H21F2NO3/c1-20-12-6-4-5-11(13(12)21-14(16)17)9-18-15(10-19)7-2-3-8-15/h4-6,14,18-19H,2-3,7-10H2,1H3. The lowest BCUT2D eigenvalue weighted by Crippen LogP contribution is -2.45. The van der Waals surface area contributed by atoms with Crippen molar-refractivity contribution in [3.8, 4) is 11.5 Å². The summed E-state index contributed by atoms with van der Waals surface area (Å²) in [7, 11) is 1.41. The van der Waals surface area contributed by atoms with Crippen LogP contribution in [0.3, 0.4) is 0 Å². The molecular formula is C15H21F2NO3. The number of ether oxygens (including phenoxy) is 2. The van der Waals surface area contributed by atoms with Crippen molar-refractivity contribution < 1.29 is 23.4 Å². The number of aliphatic hydroxyl groups is 1. The maximum atomic E-state index is 12.6. The minimum absolute atomic E-state index is 0.0437. The fraction of sp³-hybridized carbons (Fsp3) is 0.600. The molecule has 1 aromatic carbocycles. The molecule has 1 aliphatic carbocycles. The largest absolute Gasteiger partial charge is 0.493 e. The van der Waals surface area contributed by atoms with E-state index in [1.54, 1.807) is 18.2 Å². The maximum Gasteiger partial charge on any atom is 0.387 e. The van der Waals surface area contributed by atoms with E-state index in [9.17, 15) is 13.9 Å². The SMILES string of the molecule is COc1cccc(CNC2(CO)CCCC2)c1OC(F)F. The van der Waals surface area contributed by atoms with Crippen LogP contribution < -0.4 is 14.8 Å². The number of benzene rings is 1. The number of hydrogen-bond donors (Lipinski definition) is 2. The molecule has 2 N–H and O–H groups in total. The van der Waals surface area contributed by atoms with Crippen LogP contribution >= 0.6 is 0 Å². The number of methoxy groups -OCH3 is 1. The molecule has 0 aliphatic heterocycles. The van der Waals surface area contributed by atoms with Crippen LogP contribution in [0.5, 0.6) is 11.5 Å². The molecule has 0 spiro atoms. The minimum atomic E-state index is -2.90. The van der Waals surface area contributed by atoms with Crippen LogP contribution in [0.15, 0.2) is 18.2 Å². The number of aliphatic hydroxyl groups excluding tert-OH is 1. The molecule has 0 bridgehead atoms. The van der Waals surface area contributed by atoms with Gasteiger partial charge in [-0.3, -0.25) is 0 Å². The quantitative estimate of drug-likeness (QED) is 0.813. The number of alkyl halides is 2. The lowest BCUT2D eigenvalue weighted by molar-refractivity contribution is -0.0519. The Labute approximate surface area is 123 Å². The van der Waals surface area contributed by atoms with Crippen molar-refractivity contribution in [2.24, 2.45) is 0 Å². The second-order valence-corrected chi connectivity index (χ2v) is 5.33. The Morgan fingerprint density at radius 1 is 1.33 bits per heavy atom. The van der Waals surface area contributed by atoms with Crippen LogP contribution in [0.4, 0.5) is 8.78 Å². The van der Waals surface area contributed by atoms with Crippen LogP contribution in [0.25, 0.3) is 0 Å². The fourth-order valence-electron chi connectivity index (χ4n) is 2.81. The Kier molecular flexibility index (Phi) is 5.36. The van der Waals surface area contributed by atoms with Gasteiger partial charge in [0.15, 0.2) is 11.5 Å².